The highest BCUT2D eigenvalue weighted by Gasteiger charge is 2.43. The van der Waals surface area contributed by atoms with Crippen molar-refractivity contribution in [2.75, 3.05) is 13.1 Å². The molecule has 4 rings (SSSR count). The summed E-state index contributed by atoms with van der Waals surface area (Å²) in [6, 6.07) is -0.216. The highest BCUT2D eigenvalue weighted by atomic mass is 16.4. The van der Waals surface area contributed by atoms with Crippen molar-refractivity contribution in [2.45, 2.75) is 128 Å². The number of benzene rings is 1. The molecule has 2 aliphatic heterocycles. The molecule has 2 saturated heterocycles. The van der Waals surface area contributed by atoms with Crippen LogP contribution in [0.15, 0.2) is 42.9 Å². The number of aliphatic carboxylic acids is 1. The second kappa shape index (κ2) is 21.4. The second-order valence-corrected chi connectivity index (χ2v) is 15.8. The minimum atomic E-state index is -1.57. The molecule has 0 unspecified atom stereocenters. The summed E-state index contributed by atoms with van der Waals surface area (Å²) in [5.41, 5.74) is 6.75. The lowest BCUT2D eigenvalue weighted by molar-refractivity contribution is -0.145. The molecular formula is C40H58N10O10. The molecule has 9 atom stereocenters. The van der Waals surface area contributed by atoms with Gasteiger partial charge in [-0.1, -0.05) is 44.2 Å². The van der Waals surface area contributed by atoms with Gasteiger partial charge in [-0.25, -0.2) is 9.78 Å². The third-order valence-electron chi connectivity index (χ3n) is 10.6. The van der Waals surface area contributed by atoms with Crippen molar-refractivity contribution >= 4 is 47.3 Å². The number of carbonyl (C=O) groups excluding carboxylic acids is 7. The van der Waals surface area contributed by atoms with Crippen LogP contribution in [0.3, 0.4) is 0 Å². The number of hydrogen-bond acceptors (Lipinski definition) is 11. The smallest absolute Gasteiger partial charge is 0.326 e. The van der Waals surface area contributed by atoms with Gasteiger partial charge in [-0.05, 0) is 57.9 Å². The van der Waals surface area contributed by atoms with Gasteiger partial charge in [-0.3, -0.25) is 33.6 Å². The molecule has 20 heteroatoms. The molecule has 2 aliphatic rings. The van der Waals surface area contributed by atoms with Crippen LogP contribution in [-0.2, 0) is 51.2 Å². The van der Waals surface area contributed by atoms with E-state index in [1.54, 1.807) is 44.2 Å². The molecule has 328 valence electrons. The Balaban J connectivity index is 1.49. The summed E-state index contributed by atoms with van der Waals surface area (Å²) in [6.07, 6.45) is 2.58. The molecule has 2 aromatic rings. The Hall–Kier alpha value is -5.89. The predicted octanol–water partition coefficient (Wildman–Crippen LogP) is -1.91. The number of amides is 7. The number of carboxylic acids is 1. The van der Waals surface area contributed by atoms with Crippen molar-refractivity contribution in [3.63, 3.8) is 0 Å². The number of likely N-dealkylation sites (tertiary alicyclic amines) is 2. The maximum absolute atomic E-state index is 14.4. The van der Waals surface area contributed by atoms with E-state index in [1.165, 1.54) is 43.1 Å². The van der Waals surface area contributed by atoms with Crippen molar-refractivity contribution in [1.29, 1.82) is 0 Å². The van der Waals surface area contributed by atoms with Crippen molar-refractivity contribution in [2.24, 2.45) is 11.7 Å². The van der Waals surface area contributed by atoms with Crippen LogP contribution in [-0.4, -0.2) is 145 Å². The summed E-state index contributed by atoms with van der Waals surface area (Å²) in [5.74, 6) is -6.29. The van der Waals surface area contributed by atoms with E-state index >= 15 is 0 Å². The maximum Gasteiger partial charge on any atom is 0.326 e. The first kappa shape index (κ1) is 46.8. The minimum absolute atomic E-state index is 0.0399. The standard InChI is InChI=1S/C40H58N10O10/c1-21(2)31(47-34(53)23(4)44-33(52)22(3)41)39(58)50-16-10-13-29(50)35(54)45-27(17-25-11-7-6-8-12-25)38(57)49-15-9-14-30(49)36(55)48-32(24(5)51)37(56)46-28(40(59)60)18-26-19-42-20-43-26/h6-8,11-12,19-24,27-32,51H,9-10,13-18,41H2,1-5H3,(H,42,43)(H,44,52)(H,45,54)(H,46,56)(H,47,53)(H,48,55)(H,59,60)/t22-,23-,24+,27-,28-,29-,30-,31-,32-/m0/s1/i1+1,2+1,21+1,31+1,39+1,47+1. The molecule has 1 aromatic heterocycles. The number of aromatic nitrogens is 2. The number of carbonyl (C=O) groups is 8. The van der Waals surface area contributed by atoms with E-state index in [1.807, 2.05) is 0 Å². The van der Waals surface area contributed by atoms with Crippen LogP contribution in [0.5, 0.6) is 0 Å². The third-order valence-corrected chi connectivity index (χ3v) is 10.6. The van der Waals surface area contributed by atoms with E-state index in [-0.39, 0.29) is 38.8 Å². The van der Waals surface area contributed by atoms with Gasteiger partial charge >= 0.3 is 5.97 Å². The fraction of sp³-hybridized carbons (Fsp3) is 0.575. The molecule has 0 spiro atoms. The summed E-state index contributed by atoms with van der Waals surface area (Å²) < 4.78 is 0. The van der Waals surface area contributed by atoms with Crippen molar-refractivity contribution in [1.82, 2.24) is 46.4 Å². The molecule has 20 nitrogen and oxygen atoms in total. The monoisotopic (exact) mass is 844 g/mol. The molecule has 1 aromatic carbocycles. The molecular weight excluding hydrogens is 786 g/mol. The van der Waals surface area contributed by atoms with Crippen molar-refractivity contribution < 1.29 is 48.6 Å². The van der Waals surface area contributed by atoms with Gasteiger partial charge in [-0.15, -0.1) is 0 Å². The average molecular weight is 845 g/mol. The van der Waals surface area contributed by atoms with Crippen LogP contribution < -0.4 is 32.3 Å². The number of nitrogens with zero attached hydrogens (tertiary/aromatic N) is 3. The van der Waals surface area contributed by atoms with Crippen LogP contribution in [0.2, 0.25) is 0 Å². The number of hydrogen-bond donors (Lipinski definition) is 9. The minimum Gasteiger partial charge on any atom is -0.480 e. The van der Waals surface area contributed by atoms with Crippen LogP contribution in [0.25, 0.3) is 0 Å². The second-order valence-electron chi connectivity index (χ2n) is 15.8. The number of H-pyrrole nitrogens is 1. The molecule has 60 heavy (non-hydrogen) atoms. The number of rotatable bonds is 19. The highest BCUT2D eigenvalue weighted by Crippen LogP contribution is 2.23. The van der Waals surface area contributed by atoms with Crippen LogP contribution in [0.4, 0.5) is 0 Å². The predicted molar refractivity (Wildman–Crippen MR) is 215 cm³/mol. The molecule has 7 amide bonds. The first-order valence-electron chi connectivity index (χ1n) is 20.2. The molecule has 0 radical (unpaired) electrons. The van der Waals surface area contributed by atoms with Gasteiger partial charge in [0.2, 0.25) is 41.4 Å². The lowest BCUT2D eigenvalue weighted by Gasteiger charge is -2.33. The van der Waals surface area contributed by atoms with Crippen molar-refractivity contribution in [3.05, 3.63) is 54.1 Å². The van der Waals surface area contributed by atoms with E-state index in [9.17, 15) is 48.6 Å². The van der Waals surface area contributed by atoms with Crippen molar-refractivity contribution in [3.8, 4) is 0 Å². The van der Waals surface area contributed by atoms with E-state index < -0.39 is 108 Å². The Morgan fingerprint density at radius 2 is 1.35 bits per heavy atom. The van der Waals surface area contributed by atoms with Crippen LogP contribution in [0.1, 0.15) is 71.6 Å². The van der Waals surface area contributed by atoms with E-state index in [0.717, 1.165) is 0 Å². The van der Waals surface area contributed by atoms with E-state index in [2.05, 4.69) is 36.6 Å². The maximum atomic E-state index is 14.4. The van der Waals surface area contributed by atoms with Gasteiger partial charge in [-0.2, -0.15) is 0 Å². The number of aliphatic hydroxyl groups is 1. The highest BCUT2D eigenvalue weighted by molar-refractivity contribution is 5.98. The molecule has 10 N–H and O–H groups in total. The SMILES string of the molecule is C[C@H](N)C(=O)N[C@@H](C)C(=O)[15NH][13C@H]([13C](=O)N1CCC[C@H]1C(=O)N[C@@H](Cc1ccccc1)C(=O)N1CCC[C@H]1C(=O)N[C@H](C(=O)N[C@@H](Cc1cnc[nH]1)C(=O)O)[C@@H](C)O)[13CH]([13CH3])[13CH3]. The lowest BCUT2D eigenvalue weighted by Crippen LogP contribution is -2.61. The Morgan fingerprint density at radius 3 is 1.88 bits per heavy atom. The summed E-state index contributed by atoms with van der Waals surface area (Å²) in [4.78, 5) is 116. The number of nitrogens with two attached hydrogens (primary N) is 1. The molecule has 0 bridgehead atoms. The summed E-state index contributed by atoms with van der Waals surface area (Å²) in [5, 5.41) is 33.2. The first-order valence-corrected chi connectivity index (χ1v) is 20.2. The van der Waals surface area contributed by atoms with Crippen LogP contribution >= 0.6 is 0 Å². The zero-order valence-corrected chi connectivity index (χ0v) is 34.6. The van der Waals surface area contributed by atoms with E-state index in [0.29, 0.717) is 24.1 Å². The van der Waals surface area contributed by atoms with Gasteiger partial charge in [0.1, 0.15) is 42.3 Å². The average Bonchev–Trinajstić information content (AvgIpc) is 4.01. The first-order chi connectivity index (χ1) is 28.4. The van der Waals surface area contributed by atoms with Gasteiger partial charge in [0.05, 0.1) is 18.5 Å². The largest absolute Gasteiger partial charge is 0.480 e. The molecule has 0 aliphatic carbocycles. The topological polar surface area (TPSA) is 298 Å². The number of nitrogens with one attached hydrogen (secondary N) is 6. The normalized spacial score (nSPS) is 19.9. The quantitative estimate of drug-likeness (QED) is 0.0553. The fourth-order valence-electron chi connectivity index (χ4n) is 7.24. The Kier molecular flexibility index (Phi) is 16.7. The van der Waals surface area contributed by atoms with Gasteiger partial charge in [0, 0.05) is 37.8 Å². The van der Waals surface area contributed by atoms with Crippen LogP contribution in [0, 0.1) is 5.92 Å². The molecule has 3 heterocycles. The fourth-order valence-corrected chi connectivity index (χ4v) is 7.24. The van der Waals surface area contributed by atoms with E-state index in [4.69, 9.17) is 5.73 Å². The molecule has 2 fully saturated rings. The zero-order chi connectivity index (χ0) is 44.3. The Morgan fingerprint density at radius 1 is 0.750 bits per heavy atom. The summed E-state index contributed by atoms with van der Waals surface area (Å²) >= 11 is 0. The lowest BCUT2D eigenvalue weighted by atomic mass is 10.0. The zero-order valence-electron chi connectivity index (χ0n) is 34.6. The van der Waals surface area contributed by atoms with Gasteiger partial charge in [0.25, 0.3) is 0 Å². The number of imidazole rings is 1. The number of aromatic amines is 1. The van der Waals surface area contributed by atoms with Gasteiger partial charge < -0.3 is 57.3 Å². The number of carboxylic acid groups (broad SMARTS) is 1. The van der Waals surface area contributed by atoms with Gasteiger partial charge in [0.15, 0.2) is 0 Å². The third kappa shape index (κ3) is 12.3. The molecule has 0 saturated carbocycles. The summed E-state index contributed by atoms with van der Waals surface area (Å²) in [7, 11) is 0. The Bertz CT molecular complexity index is 1840. The Labute approximate surface area is 348 Å². The number of aliphatic hydroxyl groups excluding tert-OH is 1. The summed E-state index contributed by atoms with van der Waals surface area (Å²) in [6.45, 7) is 8.03.